The Morgan fingerprint density at radius 3 is 2.77 bits per heavy atom. The van der Waals surface area contributed by atoms with Crippen molar-refractivity contribution in [1.29, 1.82) is 0 Å². The standard InChI is InChI=1S/C13H13NO7S/c1-8(15)20-12-10(16)11(9-4-2-6-19-9)21-13(12)14-5-3-7-22(14,17)18/h2,4,6,16H,3,5,7H2,1H3. The number of hydrogen-bond donors (Lipinski definition) is 1. The SMILES string of the molecule is CC(=O)Oc1c(N2CCCS2(=O)=O)oc(-c2ccco2)c1O. The van der Waals surface area contributed by atoms with E-state index in [4.69, 9.17) is 13.6 Å². The van der Waals surface area contributed by atoms with Crippen molar-refractivity contribution in [2.45, 2.75) is 13.3 Å². The first-order valence-electron chi connectivity index (χ1n) is 6.48. The third kappa shape index (κ3) is 2.33. The van der Waals surface area contributed by atoms with E-state index >= 15 is 0 Å². The predicted molar refractivity (Wildman–Crippen MR) is 75.1 cm³/mol. The van der Waals surface area contributed by atoms with Gasteiger partial charge >= 0.3 is 5.97 Å². The first-order valence-corrected chi connectivity index (χ1v) is 8.09. The van der Waals surface area contributed by atoms with E-state index in [1.165, 1.54) is 12.3 Å². The van der Waals surface area contributed by atoms with Crippen LogP contribution in [0.2, 0.25) is 0 Å². The molecule has 1 fully saturated rings. The van der Waals surface area contributed by atoms with E-state index < -0.39 is 21.7 Å². The molecule has 3 heterocycles. The molecule has 9 heteroatoms. The molecule has 0 aliphatic carbocycles. The summed E-state index contributed by atoms with van der Waals surface area (Å²) < 4.78 is 40.5. The van der Waals surface area contributed by atoms with E-state index in [0.29, 0.717) is 6.42 Å². The van der Waals surface area contributed by atoms with Gasteiger partial charge in [0.1, 0.15) is 0 Å². The summed E-state index contributed by atoms with van der Waals surface area (Å²) in [6.45, 7) is 1.32. The molecule has 0 saturated carbocycles. The minimum absolute atomic E-state index is 0.0376. The maximum atomic E-state index is 12.0. The van der Waals surface area contributed by atoms with Crippen molar-refractivity contribution in [1.82, 2.24) is 0 Å². The Hall–Kier alpha value is -2.42. The molecule has 0 aromatic carbocycles. The molecule has 2 aromatic heterocycles. The first kappa shape index (κ1) is 14.5. The smallest absolute Gasteiger partial charge is 0.308 e. The van der Waals surface area contributed by atoms with Crippen molar-refractivity contribution < 1.29 is 31.9 Å². The average molecular weight is 327 g/mol. The van der Waals surface area contributed by atoms with Crippen LogP contribution in [0.4, 0.5) is 5.88 Å². The van der Waals surface area contributed by atoms with Crippen molar-refractivity contribution >= 4 is 21.9 Å². The van der Waals surface area contributed by atoms with E-state index in [1.807, 2.05) is 0 Å². The molecule has 1 aliphatic heterocycles. The molecule has 1 N–H and O–H groups in total. The second kappa shape index (κ2) is 5.09. The zero-order valence-corrected chi connectivity index (χ0v) is 12.4. The van der Waals surface area contributed by atoms with Gasteiger partial charge < -0.3 is 18.7 Å². The number of nitrogens with zero attached hydrogens (tertiary/aromatic N) is 1. The van der Waals surface area contributed by atoms with Crippen LogP contribution in [0.15, 0.2) is 27.2 Å². The summed E-state index contributed by atoms with van der Waals surface area (Å²) in [4.78, 5) is 11.2. The van der Waals surface area contributed by atoms with Gasteiger partial charge in [-0.25, -0.2) is 12.7 Å². The lowest BCUT2D eigenvalue weighted by molar-refractivity contribution is -0.132. The molecule has 1 saturated heterocycles. The number of sulfonamides is 1. The maximum Gasteiger partial charge on any atom is 0.308 e. The Kier molecular flexibility index (Phi) is 3.36. The van der Waals surface area contributed by atoms with Crippen LogP contribution in [0.1, 0.15) is 13.3 Å². The number of aromatic hydroxyl groups is 1. The maximum absolute atomic E-state index is 12.0. The molecular weight excluding hydrogens is 314 g/mol. The number of ether oxygens (including phenoxy) is 1. The summed E-state index contributed by atoms with van der Waals surface area (Å²) in [7, 11) is -3.56. The van der Waals surface area contributed by atoms with Crippen molar-refractivity contribution in [2.75, 3.05) is 16.6 Å². The first-order chi connectivity index (χ1) is 10.4. The van der Waals surface area contributed by atoms with Crippen LogP contribution < -0.4 is 9.04 Å². The Labute approximate surface area is 125 Å². The molecule has 2 aromatic rings. The van der Waals surface area contributed by atoms with Crippen molar-refractivity contribution in [3.8, 4) is 23.0 Å². The highest BCUT2D eigenvalue weighted by molar-refractivity contribution is 7.93. The van der Waals surface area contributed by atoms with Gasteiger partial charge in [-0.1, -0.05) is 0 Å². The molecule has 0 amide bonds. The molecule has 0 radical (unpaired) electrons. The monoisotopic (exact) mass is 327 g/mol. The van der Waals surface area contributed by atoms with Gasteiger partial charge in [-0.2, -0.15) is 0 Å². The molecule has 22 heavy (non-hydrogen) atoms. The van der Waals surface area contributed by atoms with E-state index in [1.54, 1.807) is 6.07 Å². The van der Waals surface area contributed by atoms with Gasteiger partial charge in [0.15, 0.2) is 5.76 Å². The quantitative estimate of drug-likeness (QED) is 0.854. The van der Waals surface area contributed by atoms with Crippen molar-refractivity contribution in [2.24, 2.45) is 0 Å². The zero-order chi connectivity index (χ0) is 15.9. The number of esters is 1. The average Bonchev–Trinajstić information content (AvgIpc) is 3.11. The van der Waals surface area contributed by atoms with Crippen molar-refractivity contribution in [3.05, 3.63) is 18.4 Å². The van der Waals surface area contributed by atoms with Crippen LogP contribution in [0.5, 0.6) is 11.5 Å². The van der Waals surface area contributed by atoms with Crippen LogP contribution in [-0.4, -0.2) is 31.8 Å². The normalized spacial score (nSPS) is 16.9. The summed E-state index contributed by atoms with van der Waals surface area (Å²) in [5.41, 5.74) is 0. The molecule has 3 rings (SSSR count). The van der Waals surface area contributed by atoms with E-state index in [0.717, 1.165) is 11.2 Å². The van der Waals surface area contributed by atoms with Crippen molar-refractivity contribution in [3.63, 3.8) is 0 Å². The highest BCUT2D eigenvalue weighted by atomic mass is 32.2. The molecule has 0 atom stereocenters. The minimum atomic E-state index is -3.56. The van der Waals surface area contributed by atoms with E-state index in [-0.39, 0.29) is 35.5 Å². The van der Waals surface area contributed by atoms with Gasteiger partial charge in [0.05, 0.1) is 12.0 Å². The largest absolute Gasteiger partial charge is 0.501 e. The van der Waals surface area contributed by atoms with Gasteiger partial charge in [-0.05, 0) is 18.6 Å². The predicted octanol–water partition coefficient (Wildman–Crippen LogP) is 1.71. The second-order valence-electron chi connectivity index (χ2n) is 4.73. The third-order valence-corrected chi connectivity index (χ3v) is 4.96. The van der Waals surface area contributed by atoms with E-state index in [9.17, 15) is 18.3 Å². The summed E-state index contributed by atoms with van der Waals surface area (Å²) >= 11 is 0. The molecule has 8 nitrogen and oxygen atoms in total. The van der Waals surface area contributed by atoms with Gasteiger partial charge in [0.2, 0.25) is 27.3 Å². The van der Waals surface area contributed by atoms with Gasteiger partial charge in [-0.3, -0.25) is 4.79 Å². The summed E-state index contributed by atoms with van der Waals surface area (Å²) in [5, 5.41) is 10.2. The Morgan fingerprint density at radius 2 is 2.23 bits per heavy atom. The lowest BCUT2D eigenvalue weighted by Gasteiger charge is -2.14. The van der Waals surface area contributed by atoms with Crippen LogP contribution in [-0.2, 0) is 14.8 Å². The minimum Gasteiger partial charge on any atom is -0.501 e. The van der Waals surface area contributed by atoms with Gasteiger partial charge in [0, 0.05) is 13.5 Å². The van der Waals surface area contributed by atoms with E-state index in [2.05, 4.69) is 0 Å². The number of carbonyl (C=O) groups is 1. The Balaban J connectivity index is 2.16. The van der Waals surface area contributed by atoms with Crippen LogP contribution in [0.25, 0.3) is 11.5 Å². The fourth-order valence-electron chi connectivity index (χ4n) is 2.24. The highest BCUT2D eigenvalue weighted by Gasteiger charge is 2.37. The van der Waals surface area contributed by atoms with Crippen LogP contribution >= 0.6 is 0 Å². The summed E-state index contributed by atoms with van der Waals surface area (Å²) in [6.07, 6.45) is 1.79. The number of rotatable bonds is 3. The molecule has 118 valence electrons. The zero-order valence-electron chi connectivity index (χ0n) is 11.6. The lowest BCUT2D eigenvalue weighted by atomic mass is 10.3. The highest BCUT2D eigenvalue weighted by Crippen LogP contribution is 2.49. The fourth-order valence-corrected chi connectivity index (χ4v) is 3.73. The van der Waals surface area contributed by atoms with Crippen LogP contribution in [0.3, 0.4) is 0 Å². The topological polar surface area (TPSA) is 110 Å². The fraction of sp³-hybridized carbons (Fsp3) is 0.308. The molecule has 0 bridgehead atoms. The van der Waals surface area contributed by atoms with Crippen LogP contribution in [0, 0.1) is 0 Å². The molecular formula is C13H13NO7S. The lowest BCUT2D eigenvalue weighted by Crippen LogP contribution is -2.25. The molecule has 0 spiro atoms. The number of furan rings is 2. The molecule has 0 unspecified atom stereocenters. The Morgan fingerprint density at radius 1 is 1.45 bits per heavy atom. The third-order valence-electron chi connectivity index (χ3n) is 3.14. The summed E-state index contributed by atoms with van der Waals surface area (Å²) in [5.74, 6) is -1.69. The number of anilines is 1. The number of hydrogen-bond acceptors (Lipinski definition) is 7. The number of carbonyl (C=O) groups excluding carboxylic acids is 1. The Bertz CT molecular complexity index is 804. The second-order valence-corrected chi connectivity index (χ2v) is 6.74. The van der Waals surface area contributed by atoms with Gasteiger partial charge in [-0.15, -0.1) is 0 Å². The van der Waals surface area contributed by atoms with Gasteiger partial charge in [0.25, 0.3) is 5.88 Å². The molecule has 1 aliphatic rings. The summed E-state index contributed by atoms with van der Waals surface area (Å²) in [6, 6.07) is 3.10.